The van der Waals surface area contributed by atoms with Gasteiger partial charge in [0, 0.05) is 12.7 Å². The molecule has 0 aliphatic heterocycles. The van der Waals surface area contributed by atoms with Crippen molar-refractivity contribution in [3.8, 4) is 0 Å². The van der Waals surface area contributed by atoms with Crippen molar-refractivity contribution in [1.82, 2.24) is 15.3 Å². The van der Waals surface area contributed by atoms with Crippen LogP contribution in [0.15, 0.2) is 42.6 Å². The molecule has 0 radical (unpaired) electrons. The van der Waals surface area contributed by atoms with Crippen molar-refractivity contribution in [3.63, 3.8) is 0 Å². The molecule has 19 heavy (non-hydrogen) atoms. The maximum atomic E-state index is 11.9. The summed E-state index contributed by atoms with van der Waals surface area (Å²) in [5.41, 5.74) is 1.22. The van der Waals surface area contributed by atoms with E-state index in [9.17, 15) is 4.79 Å². The lowest BCUT2D eigenvalue weighted by atomic mass is 10.3. The number of anilines is 1. The highest BCUT2D eigenvalue weighted by Gasteiger charge is 2.07. The highest BCUT2D eigenvalue weighted by Crippen LogP contribution is 2.04. The molecule has 0 atom stereocenters. The maximum Gasteiger partial charge on any atom is 0.270 e. The molecule has 2 rings (SSSR count). The fraction of sp³-hybridized carbons (Fsp3) is 0.214. The Morgan fingerprint density at radius 2 is 2.11 bits per heavy atom. The van der Waals surface area contributed by atoms with Gasteiger partial charge in [-0.1, -0.05) is 12.1 Å². The number of rotatable bonds is 5. The van der Waals surface area contributed by atoms with Crippen LogP contribution in [0.25, 0.3) is 0 Å². The van der Waals surface area contributed by atoms with Gasteiger partial charge >= 0.3 is 0 Å². The van der Waals surface area contributed by atoms with Crippen molar-refractivity contribution < 1.29 is 4.79 Å². The van der Waals surface area contributed by atoms with E-state index in [0.717, 1.165) is 12.2 Å². The zero-order valence-electron chi connectivity index (χ0n) is 10.8. The van der Waals surface area contributed by atoms with Crippen molar-refractivity contribution in [2.45, 2.75) is 13.5 Å². The summed E-state index contributed by atoms with van der Waals surface area (Å²) in [6.45, 7) is 3.15. The summed E-state index contributed by atoms with van der Waals surface area (Å²) in [5, 5.41) is 5.87. The van der Waals surface area contributed by atoms with E-state index in [0.29, 0.717) is 18.1 Å². The lowest BCUT2D eigenvalue weighted by Crippen LogP contribution is -2.24. The first-order valence-electron chi connectivity index (χ1n) is 6.18. The minimum absolute atomic E-state index is 0.203. The van der Waals surface area contributed by atoms with E-state index >= 15 is 0 Å². The van der Waals surface area contributed by atoms with Gasteiger partial charge in [-0.3, -0.25) is 9.78 Å². The molecular weight excluding hydrogens is 240 g/mol. The molecule has 2 N–H and O–H groups in total. The minimum atomic E-state index is -0.203. The molecule has 0 saturated carbocycles. The van der Waals surface area contributed by atoms with E-state index in [1.165, 1.54) is 0 Å². The van der Waals surface area contributed by atoms with E-state index in [-0.39, 0.29) is 5.91 Å². The van der Waals surface area contributed by atoms with Crippen LogP contribution in [0.5, 0.6) is 0 Å². The summed E-state index contributed by atoms with van der Waals surface area (Å²) < 4.78 is 0. The van der Waals surface area contributed by atoms with Gasteiger partial charge in [0.1, 0.15) is 11.5 Å². The van der Waals surface area contributed by atoms with Crippen LogP contribution in [-0.2, 0) is 6.54 Å². The average Bonchev–Trinajstić information content (AvgIpc) is 2.46. The van der Waals surface area contributed by atoms with E-state index < -0.39 is 0 Å². The third-order valence-corrected chi connectivity index (χ3v) is 2.50. The lowest BCUT2D eigenvalue weighted by molar-refractivity contribution is 0.0945. The van der Waals surface area contributed by atoms with Crippen LogP contribution in [0, 0.1) is 0 Å². The summed E-state index contributed by atoms with van der Waals surface area (Å²) in [5.74, 6) is 0.499. The standard InChI is InChI=1S/C14H16N4O/c1-2-15-13-8-5-7-12(18-13)14(19)17-10-11-6-3-4-9-16-11/h3-9H,2,10H2,1H3,(H,15,18)(H,17,19). The molecule has 0 bridgehead atoms. The molecule has 0 fully saturated rings. The lowest BCUT2D eigenvalue weighted by Gasteiger charge is -2.06. The Balaban J connectivity index is 1.98. The van der Waals surface area contributed by atoms with Gasteiger partial charge < -0.3 is 10.6 Å². The molecule has 2 heterocycles. The number of carbonyl (C=O) groups excluding carboxylic acids is 1. The Morgan fingerprint density at radius 3 is 2.84 bits per heavy atom. The van der Waals surface area contributed by atoms with E-state index in [1.807, 2.05) is 31.2 Å². The molecule has 0 aliphatic carbocycles. The molecule has 5 heteroatoms. The van der Waals surface area contributed by atoms with Gasteiger partial charge in [0.2, 0.25) is 0 Å². The first kappa shape index (κ1) is 13.0. The van der Waals surface area contributed by atoms with Crippen molar-refractivity contribution in [1.29, 1.82) is 0 Å². The Kier molecular flexibility index (Phi) is 4.44. The summed E-state index contributed by atoms with van der Waals surface area (Å²) in [4.78, 5) is 20.3. The van der Waals surface area contributed by atoms with Gasteiger partial charge in [-0.05, 0) is 31.2 Å². The van der Waals surface area contributed by atoms with Gasteiger partial charge in [0.05, 0.1) is 12.2 Å². The molecule has 0 aliphatic rings. The van der Waals surface area contributed by atoms with Crippen molar-refractivity contribution in [2.24, 2.45) is 0 Å². The third-order valence-electron chi connectivity index (χ3n) is 2.50. The van der Waals surface area contributed by atoms with Crippen LogP contribution in [-0.4, -0.2) is 22.4 Å². The van der Waals surface area contributed by atoms with Crippen molar-refractivity contribution in [2.75, 3.05) is 11.9 Å². The van der Waals surface area contributed by atoms with Gasteiger partial charge in [-0.2, -0.15) is 0 Å². The third kappa shape index (κ3) is 3.77. The maximum absolute atomic E-state index is 11.9. The van der Waals surface area contributed by atoms with Crippen LogP contribution in [0.3, 0.4) is 0 Å². The van der Waals surface area contributed by atoms with Crippen LogP contribution < -0.4 is 10.6 Å². The molecule has 2 aromatic heterocycles. The smallest absolute Gasteiger partial charge is 0.270 e. The zero-order valence-corrected chi connectivity index (χ0v) is 10.8. The summed E-state index contributed by atoms with van der Waals surface area (Å²) in [6, 6.07) is 10.9. The fourth-order valence-electron chi connectivity index (χ4n) is 1.60. The number of hydrogen-bond acceptors (Lipinski definition) is 4. The number of amides is 1. The molecule has 98 valence electrons. The largest absolute Gasteiger partial charge is 0.370 e. The first-order valence-corrected chi connectivity index (χ1v) is 6.18. The molecule has 5 nitrogen and oxygen atoms in total. The highest BCUT2D eigenvalue weighted by molar-refractivity contribution is 5.92. The SMILES string of the molecule is CCNc1cccc(C(=O)NCc2ccccn2)n1. The second kappa shape index (κ2) is 6.49. The molecule has 1 amide bonds. The van der Waals surface area contributed by atoms with E-state index in [1.54, 1.807) is 18.3 Å². The molecular formula is C14H16N4O. The molecule has 2 aromatic rings. The van der Waals surface area contributed by atoms with Crippen LogP contribution in [0.4, 0.5) is 5.82 Å². The fourth-order valence-corrected chi connectivity index (χ4v) is 1.60. The quantitative estimate of drug-likeness (QED) is 0.856. The van der Waals surface area contributed by atoms with Gasteiger partial charge in [-0.15, -0.1) is 0 Å². The van der Waals surface area contributed by atoms with E-state index in [4.69, 9.17) is 0 Å². The summed E-state index contributed by atoms with van der Waals surface area (Å²) in [7, 11) is 0. The highest BCUT2D eigenvalue weighted by atomic mass is 16.1. The van der Waals surface area contributed by atoms with Crippen molar-refractivity contribution in [3.05, 3.63) is 54.0 Å². The predicted molar refractivity (Wildman–Crippen MR) is 73.8 cm³/mol. The first-order chi connectivity index (χ1) is 9.29. The Bertz CT molecular complexity index is 542. The summed E-state index contributed by atoms with van der Waals surface area (Å²) >= 11 is 0. The minimum Gasteiger partial charge on any atom is -0.370 e. The molecule has 0 aromatic carbocycles. The van der Waals surface area contributed by atoms with Crippen LogP contribution in [0.1, 0.15) is 23.1 Å². The topological polar surface area (TPSA) is 66.9 Å². The monoisotopic (exact) mass is 256 g/mol. The molecule has 0 unspecified atom stereocenters. The van der Waals surface area contributed by atoms with Crippen LogP contribution in [0.2, 0.25) is 0 Å². The number of nitrogens with one attached hydrogen (secondary N) is 2. The van der Waals surface area contributed by atoms with Gasteiger partial charge in [-0.25, -0.2) is 4.98 Å². The second-order valence-corrected chi connectivity index (χ2v) is 3.94. The molecule has 0 spiro atoms. The van der Waals surface area contributed by atoms with Gasteiger partial charge in [0.25, 0.3) is 5.91 Å². The zero-order chi connectivity index (χ0) is 13.5. The second-order valence-electron chi connectivity index (χ2n) is 3.94. The Hall–Kier alpha value is -2.43. The van der Waals surface area contributed by atoms with Crippen molar-refractivity contribution >= 4 is 11.7 Å². The average molecular weight is 256 g/mol. The number of pyridine rings is 2. The normalized spacial score (nSPS) is 9.95. The predicted octanol–water partition coefficient (Wildman–Crippen LogP) is 1.84. The van der Waals surface area contributed by atoms with Crippen LogP contribution >= 0.6 is 0 Å². The van der Waals surface area contributed by atoms with E-state index in [2.05, 4.69) is 20.6 Å². The number of nitrogens with zero attached hydrogens (tertiary/aromatic N) is 2. The number of aromatic nitrogens is 2. The molecule has 0 saturated heterocycles. The number of carbonyl (C=O) groups is 1. The Labute approximate surface area is 112 Å². The number of hydrogen-bond donors (Lipinski definition) is 2. The summed E-state index contributed by atoms with van der Waals surface area (Å²) in [6.07, 6.45) is 1.70. The van der Waals surface area contributed by atoms with Gasteiger partial charge in [0.15, 0.2) is 0 Å². The Morgan fingerprint density at radius 1 is 1.21 bits per heavy atom.